The van der Waals surface area contributed by atoms with Crippen LogP contribution in [0.5, 0.6) is 0 Å². The number of hydrazine groups is 1. The molecule has 0 aliphatic carbocycles. The van der Waals surface area contributed by atoms with Crippen LogP contribution >= 0.6 is 0 Å². The fourth-order valence-corrected chi connectivity index (χ4v) is 2.76. The Morgan fingerprint density at radius 1 is 1.19 bits per heavy atom. The van der Waals surface area contributed by atoms with Crippen molar-refractivity contribution < 1.29 is 8.42 Å². The van der Waals surface area contributed by atoms with Gasteiger partial charge < -0.3 is 5.32 Å². The Hall–Kier alpha value is -0.170. The van der Waals surface area contributed by atoms with Crippen molar-refractivity contribution >= 4 is 10.0 Å². The maximum atomic E-state index is 11.7. The van der Waals surface area contributed by atoms with Gasteiger partial charge in [0.15, 0.2) is 0 Å². The molecule has 1 aliphatic heterocycles. The third kappa shape index (κ3) is 5.79. The van der Waals surface area contributed by atoms with Crippen molar-refractivity contribution in [1.82, 2.24) is 15.2 Å². The number of nitrogens with zero attached hydrogens (tertiary/aromatic N) is 1. The van der Waals surface area contributed by atoms with Crippen LogP contribution < -0.4 is 10.1 Å². The first-order valence-corrected chi connectivity index (χ1v) is 7.63. The Labute approximate surface area is 98.6 Å². The van der Waals surface area contributed by atoms with E-state index >= 15 is 0 Å². The topological polar surface area (TPSA) is 61.4 Å². The monoisotopic (exact) mass is 249 g/mol. The lowest BCUT2D eigenvalue weighted by atomic mass is 10.2. The molecule has 0 radical (unpaired) electrons. The van der Waals surface area contributed by atoms with E-state index in [2.05, 4.69) is 10.1 Å². The summed E-state index contributed by atoms with van der Waals surface area (Å²) < 4.78 is 23.4. The lowest BCUT2D eigenvalue weighted by molar-refractivity contribution is 0.200. The predicted octanol–water partition coefficient (Wildman–Crippen LogP) is 0.305. The van der Waals surface area contributed by atoms with E-state index in [0.717, 1.165) is 25.9 Å². The molecule has 1 rings (SSSR count). The molecule has 0 unspecified atom stereocenters. The summed E-state index contributed by atoms with van der Waals surface area (Å²) in [5.41, 5.74) is 0. The van der Waals surface area contributed by atoms with Crippen LogP contribution in [0, 0.1) is 0 Å². The van der Waals surface area contributed by atoms with Crippen LogP contribution in [0.4, 0.5) is 0 Å². The second-order valence-electron chi connectivity index (χ2n) is 4.57. The zero-order valence-electron chi connectivity index (χ0n) is 10.2. The molecule has 0 saturated carbocycles. The van der Waals surface area contributed by atoms with Crippen molar-refractivity contribution in [2.75, 3.05) is 25.4 Å². The molecule has 2 N–H and O–H groups in total. The number of hydrogen-bond acceptors (Lipinski definition) is 4. The van der Waals surface area contributed by atoms with Gasteiger partial charge in [-0.25, -0.2) is 13.4 Å². The van der Waals surface area contributed by atoms with Crippen molar-refractivity contribution in [1.29, 1.82) is 0 Å². The van der Waals surface area contributed by atoms with Gasteiger partial charge in [-0.1, -0.05) is 20.3 Å². The zero-order valence-corrected chi connectivity index (χ0v) is 11.0. The quantitative estimate of drug-likeness (QED) is 0.711. The normalized spacial score (nSPS) is 19.2. The minimum atomic E-state index is -3.16. The Balaban J connectivity index is 2.27. The molecular weight excluding hydrogens is 226 g/mol. The van der Waals surface area contributed by atoms with E-state index in [9.17, 15) is 8.42 Å². The molecule has 0 spiro atoms. The van der Waals surface area contributed by atoms with Crippen LogP contribution in [0.2, 0.25) is 0 Å². The highest BCUT2D eigenvalue weighted by atomic mass is 32.2. The summed E-state index contributed by atoms with van der Waals surface area (Å²) in [6.07, 6.45) is 3.35. The fraction of sp³-hybridized carbons (Fsp3) is 1.00. The highest BCUT2D eigenvalue weighted by molar-refractivity contribution is 7.89. The molecule has 96 valence electrons. The van der Waals surface area contributed by atoms with Crippen molar-refractivity contribution in [3.8, 4) is 0 Å². The molecule has 1 heterocycles. The van der Waals surface area contributed by atoms with Gasteiger partial charge in [0.1, 0.15) is 0 Å². The Morgan fingerprint density at radius 2 is 1.81 bits per heavy atom. The second kappa shape index (κ2) is 6.54. The van der Waals surface area contributed by atoms with E-state index in [4.69, 9.17) is 0 Å². The molecule has 5 nitrogen and oxygen atoms in total. The molecule has 0 aromatic rings. The number of hydrogen-bond donors (Lipinski definition) is 2. The maximum Gasteiger partial charge on any atom is 0.225 e. The largest absolute Gasteiger partial charge is 0.313 e. The van der Waals surface area contributed by atoms with Gasteiger partial charge in [-0.3, -0.25) is 0 Å². The van der Waals surface area contributed by atoms with E-state index in [0.29, 0.717) is 12.6 Å². The summed E-state index contributed by atoms with van der Waals surface area (Å²) in [5.74, 6) is 0.141. The zero-order chi connectivity index (χ0) is 12.0. The van der Waals surface area contributed by atoms with E-state index in [-0.39, 0.29) is 5.75 Å². The van der Waals surface area contributed by atoms with Gasteiger partial charge in [-0.2, -0.15) is 0 Å². The van der Waals surface area contributed by atoms with Crippen LogP contribution in [-0.2, 0) is 10.0 Å². The van der Waals surface area contributed by atoms with E-state index < -0.39 is 10.0 Å². The third-order valence-electron chi connectivity index (χ3n) is 2.55. The standard InChI is InChI=1S/C10H23N3O2S/c1-10(2)11-6-9-16(14,15)12-13-7-4-3-5-8-13/h10-12H,3-9H2,1-2H3. The van der Waals surface area contributed by atoms with Crippen LogP contribution in [0.25, 0.3) is 0 Å². The van der Waals surface area contributed by atoms with Crippen LogP contribution in [-0.4, -0.2) is 44.9 Å². The van der Waals surface area contributed by atoms with Gasteiger partial charge in [0.05, 0.1) is 5.75 Å². The van der Waals surface area contributed by atoms with Crippen LogP contribution in [0.15, 0.2) is 0 Å². The molecule has 1 saturated heterocycles. The smallest absolute Gasteiger partial charge is 0.225 e. The summed E-state index contributed by atoms with van der Waals surface area (Å²) in [6, 6.07) is 0.324. The van der Waals surface area contributed by atoms with Gasteiger partial charge in [-0.15, -0.1) is 4.83 Å². The van der Waals surface area contributed by atoms with Gasteiger partial charge in [0, 0.05) is 25.7 Å². The molecule has 1 fully saturated rings. The predicted molar refractivity (Wildman–Crippen MR) is 65.5 cm³/mol. The molecular formula is C10H23N3O2S. The summed E-state index contributed by atoms with van der Waals surface area (Å²) in [6.45, 7) is 6.17. The van der Waals surface area contributed by atoms with Crippen LogP contribution in [0.1, 0.15) is 33.1 Å². The molecule has 1 aliphatic rings. The molecule has 0 aromatic carbocycles. The molecule has 0 atom stereocenters. The van der Waals surface area contributed by atoms with Gasteiger partial charge in [-0.05, 0) is 12.8 Å². The summed E-state index contributed by atoms with van der Waals surface area (Å²) in [5, 5.41) is 4.91. The summed E-state index contributed by atoms with van der Waals surface area (Å²) in [7, 11) is -3.16. The average molecular weight is 249 g/mol. The van der Waals surface area contributed by atoms with E-state index in [1.54, 1.807) is 0 Å². The lowest BCUT2D eigenvalue weighted by Crippen LogP contribution is -2.47. The lowest BCUT2D eigenvalue weighted by Gasteiger charge is -2.26. The van der Waals surface area contributed by atoms with Gasteiger partial charge >= 0.3 is 0 Å². The van der Waals surface area contributed by atoms with Crippen molar-refractivity contribution in [2.24, 2.45) is 0 Å². The minimum Gasteiger partial charge on any atom is -0.313 e. The van der Waals surface area contributed by atoms with Gasteiger partial charge in [0.2, 0.25) is 10.0 Å². The highest BCUT2D eigenvalue weighted by Gasteiger charge is 2.17. The summed E-state index contributed by atoms with van der Waals surface area (Å²) in [4.78, 5) is 2.63. The Kier molecular flexibility index (Phi) is 5.68. The summed E-state index contributed by atoms with van der Waals surface area (Å²) >= 11 is 0. The average Bonchev–Trinajstić information content (AvgIpc) is 2.17. The first-order valence-electron chi connectivity index (χ1n) is 5.98. The number of rotatable bonds is 6. The Morgan fingerprint density at radius 3 is 2.38 bits per heavy atom. The molecule has 16 heavy (non-hydrogen) atoms. The minimum absolute atomic E-state index is 0.141. The number of piperidine rings is 1. The Bertz CT molecular complexity index is 284. The number of nitrogens with one attached hydrogen (secondary N) is 2. The van der Waals surface area contributed by atoms with Crippen molar-refractivity contribution in [3.05, 3.63) is 0 Å². The van der Waals surface area contributed by atoms with E-state index in [1.165, 1.54) is 6.42 Å². The molecule has 0 bridgehead atoms. The van der Waals surface area contributed by atoms with E-state index in [1.807, 2.05) is 18.9 Å². The van der Waals surface area contributed by atoms with Crippen LogP contribution in [0.3, 0.4) is 0 Å². The first kappa shape index (κ1) is 13.9. The molecule has 0 aromatic heterocycles. The maximum absolute atomic E-state index is 11.7. The van der Waals surface area contributed by atoms with Crippen molar-refractivity contribution in [3.63, 3.8) is 0 Å². The number of sulfonamides is 1. The highest BCUT2D eigenvalue weighted by Crippen LogP contribution is 2.06. The second-order valence-corrected chi connectivity index (χ2v) is 6.39. The molecule has 0 amide bonds. The van der Waals surface area contributed by atoms with Crippen molar-refractivity contribution in [2.45, 2.75) is 39.2 Å². The molecule has 6 heteroatoms. The third-order valence-corrected chi connectivity index (χ3v) is 3.83. The fourth-order valence-electron chi connectivity index (χ4n) is 1.71. The first-order chi connectivity index (χ1) is 7.49. The SMILES string of the molecule is CC(C)NCCS(=O)(=O)NN1CCCCC1. The van der Waals surface area contributed by atoms with Gasteiger partial charge in [0.25, 0.3) is 0 Å².